The molecule has 0 saturated carbocycles. The van der Waals surface area contributed by atoms with E-state index >= 15 is 0 Å². The Morgan fingerprint density at radius 3 is 2.94 bits per heavy atom. The van der Waals surface area contributed by atoms with E-state index in [-0.39, 0.29) is 0 Å². The lowest BCUT2D eigenvalue weighted by atomic mass is 9.98. The molecule has 0 spiro atoms. The third-order valence-corrected chi connectivity index (χ3v) is 4.13. The highest BCUT2D eigenvalue weighted by Gasteiger charge is 2.20. The van der Waals surface area contributed by atoms with Crippen molar-refractivity contribution in [3.63, 3.8) is 0 Å². The van der Waals surface area contributed by atoms with Crippen LogP contribution in [0.25, 0.3) is 0 Å². The molecule has 2 heterocycles. The minimum atomic E-state index is 0.373. The van der Waals surface area contributed by atoms with Gasteiger partial charge in [-0.3, -0.25) is 0 Å². The van der Waals surface area contributed by atoms with Crippen LogP contribution in [0, 0.1) is 13.8 Å². The van der Waals surface area contributed by atoms with Gasteiger partial charge in [0.2, 0.25) is 0 Å². The molecule has 3 heteroatoms. The zero-order valence-electron chi connectivity index (χ0n) is 10.1. The van der Waals surface area contributed by atoms with Crippen LogP contribution >= 0.6 is 11.3 Å². The lowest BCUT2D eigenvalue weighted by Crippen LogP contribution is -2.25. The molecule has 2 aromatic rings. The number of aryl methyl sites for hydroxylation is 2. The van der Waals surface area contributed by atoms with Gasteiger partial charge in [0.25, 0.3) is 0 Å². The average Bonchev–Trinajstić information content (AvgIpc) is 2.75. The molecule has 2 nitrogen and oxygen atoms in total. The summed E-state index contributed by atoms with van der Waals surface area (Å²) >= 11 is 1.76. The second-order valence-corrected chi connectivity index (χ2v) is 5.52. The SMILES string of the molecule is Cc1ccc(C2CNc3sccc3N2)c(C)c1. The third-order valence-electron chi connectivity index (χ3n) is 3.26. The van der Waals surface area contributed by atoms with Gasteiger partial charge in [-0.15, -0.1) is 11.3 Å². The van der Waals surface area contributed by atoms with Gasteiger partial charge >= 0.3 is 0 Å². The smallest absolute Gasteiger partial charge is 0.112 e. The molecule has 0 amide bonds. The molecular formula is C14H16N2S. The maximum absolute atomic E-state index is 3.60. The number of hydrogen-bond acceptors (Lipinski definition) is 3. The van der Waals surface area contributed by atoms with Crippen LogP contribution in [0.4, 0.5) is 10.7 Å². The van der Waals surface area contributed by atoms with Crippen LogP contribution in [0.15, 0.2) is 29.6 Å². The van der Waals surface area contributed by atoms with E-state index in [1.807, 2.05) is 0 Å². The second-order valence-electron chi connectivity index (χ2n) is 4.60. The highest BCUT2D eigenvalue weighted by Crippen LogP contribution is 2.36. The molecular weight excluding hydrogens is 228 g/mol. The lowest BCUT2D eigenvalue weighted by Gasteiger charge is -2.27. The van der Waals surface area contributed by atoms with E-state index in [0.29, 0.717) is 6.04 Å². The number of nitrogens with one attached hydrogen (secondary N) is 2. The van der Waals surface area contributed by atoms with Gasteiger partial charge in [0.1, 0.15) is 5.00 Å². The molecule has 1 aromatic heterocycles. The minimum absolute atomic E-state index is 0.373. The molecule has 1 aromatic carbocycles. The zero-order chi connectivity index (χ0) is 11.8. The van der Waals surface area contributed by atoms with E-state index < -0.39 is 0 Å². The summed E-state index contributed by atoms with van der Waals surface area (Å²) < 4.78 is 0. The van der Waals surface area contributed by atoms with Gasteiger partial charge in [0.05, 0.1) is 11.7 Å². The summed E-state index contributed by atoms with van der Waals surface area (Å²) in [6, 6.07) is 9.19. The summed E-state index contributed by atoms with van der Waals surface area (Å²) in [4.78, 5) is 0. The van der Waals surface area contributed by atoms with Gasteiger partial charge < -0.3 is 10.6 Å². The molecule has 0 bridgehead atoms. The van der Waals surface area contributed by atoms with Gasteiger partial charge in [0.15, 0.2) is 0 Å². The van der Waals surface area contributed by atoms with Crippen LogP contribution in [0.1, 0.15) is 22.7 Å². The summed E-state index contributed by atoms with van der Waals surface area (Å²) in [7, 11) is 0. The van der Waals surface area contributed by atoms with Crippen molar-refractivity contribution < 1.29 is 0 Å². The fourth-order valence-electron chi connectivity index (χ4n) is 2.40. The Labute approximate surface area is 106 Å². The zero-order valence-corrected chi connectivity index (χ0v) is 10.9. The highest BCUT2D eigenvalue weighted by molar-refractivity contribution is 7.14. The van der Waals surface area contributed by atoms with Crippen molar-refractivity contribution in [1.82, 2.24) is 0 Å². The molecule has 0 saturated heterocycles. The first-order chi connectivity index (χ1) is 8.24. The molecule has 3 rings (SSSR count). The standard InChI is InChI=1S/C14H16N2S/c1-9-3-4-11(10(2)7-9)13-8-15-14-12(16-13)5-6-17-14/h3-7,13,15-16H,8H2,1-2H3. The Hall–Kier alpha value is -1.48. The molecule has 0 radical (unpaired) electrons. The summed E-state index contributed by atoms with van der Waals surface area (Å²) in [5.41, 5.74) is 5.31. The summed E-state index contributed by atoms with van der Waals surface area (Å²) in [6.07, 6.45) is 0. The molecule has 1 aliphatic heterocycles. The fraction of sp³-hybridized carbons (Fsp3) is 0.286. The average molecular weight is 244 g/mol. The molecule has 1 aliphatic rings. The topological polar surface area (TPSA) is 24.1 Å². The van der Waals surface area contributed by atoms with Crippen LogP contribution in [0.2, 0.25) is 0 Å². The largest absolute Gasteiger partial charge is 0.374 e. The van der Waals surface area contributed by atoms with Gasteiger partial charge in [0, 0.05) is 6.54 Å². The molecule has 0 fully saturated rings. The number of anilines is 2. The van der Waals surface area contributed by atoms with E-state index in [2.05, 4.69) is 54.1 Å². The quantitative estimate of drug-likeness (QED) is 0.794. The Morgan fingerprint density at radius 2 is 2.12 bits per heavy atom. The van der Waals surface area contributed by atoms with E-state index in [9.17, 15) is 0 Å². The molecule has 2 N–H and O–H groups in total. The third kappa shape index (κ3) is 1.91. The monoisotopic (exact) mass is 244 g/mol. The molecule has 17 heavy (non-hydrogen) atoms. The summed E-state index contributed by atoms with van der Waals surface area (Å²) in [5, 5.41) is 10.5. The molecule has 1 atom stereocenters. The Morgan fingerprint density at radius 1 is 1.24 bits per heavy atom. The van der Waals surface area contributed by atoms with Gasteiger partial charge in [-0.2, -0.15) is 0 Å². The predicted molar refractivity (Wildman–Crippen MR) is 75.1 cm³/mol. The van der Waals surface area contributed by atoms with Gasteiger partial charge in [-0.05, 0) is 36.4 Å². The molecule has 88 valence electrons. The number of benzene rings is 1. The number of hydrogen-bond donors (Lipinski definition) is 2. The maximum Gasteiger partial charge on any atom is 0.112 e. The fourth-order valence-corrected chi connectivity index (χ4v) is 3.16. The second kappa shape index (κ2) is 4.08. The van der Waals surface area contributed by atoms with Crippen LogP contribution in [0.3, 0.4) is 0 Å². The van der Waals surface area contributed by atoms with E-state index in [0.717, 1.165) is 6.54 Å². The molecule has 1 unspecified atom stereocenters. The van der Waals surface area contributed by atoms with Crippen molar-refractivity contribution in [3.8, 4) is 0 Å². The number of fused-ring (bicyclic) bond motifs is 1. The summed E-state index contributed by atoms with van der Waals surface area (Å²) in [5.74, 6) is 0. The van der Waals surface area contributed by atoms with Crippen molar-refractivity contribution in [3.05, 3.63) is 46.3 Å². The van der Waals surface area contributed by atoms with E-state index in [4.69, 9.17) is 0 Å². The number of thiophene rings is 1. The summed E-state index contributed by atoms with van der Waals surface area (Å²) in [6.45, 7) is 5.28. The van der Waals surface area contributed by atoms with E-state index in [1.54, 1.807) is 11.3 Å². The van der Waals surface area contributed by atoms with Gasteiger partial charge in [-0.1, -0.05) is 23.8 Å². The van der Waals surface area contributed by atoms with Crippen LogP contribution in [0.5, 0.6) is 0 Å². The van der Waals surface area contributed by atoms with Crippen molar-refractivity contribution in [2.24, 2.45) is 0 Å². The number of rotatable bonds is 1. The Kier molecular flexibility index (Phi) is 2.56. The van der Waals surface area contributed by atoms with E-state index in [1.165, 1.54) is 27.4 Å². The maximum atomic E-state index is 3.60. The van der Waals surface area contributed by atoms with Crippen molar-refractivity contribution in [2.45, 2.75) is 19.9 Å². The predicted octanol–water partition coefficient (Wildman–Crippen LogP) is 3.94. The normalized spacial score (nSPS) is 18.1. The first kappa shape index (κ1) is 10.7. The van der Waals surface area contributed by atoms with Crippen molar-refractivity contribution in [2.75, 3.05) is 17.2 Å². The van der Waals surface area contributed by atoms with Crippen molar-refractivity contribution >= 4 is 22.0 Å². The van der Waals surface area contributed by atoms with Crippen LogP contribution in [-0.2, 0) is 0 Å². The lowest BCUT2D eigenvalue weighted by molar-refractivity contribution is 0.800. The first-order valence-corrected chi connectivity index (χ1v) is 6.77. The molecule has 0 aliphatic carbocycles. The Balaban J connectivity index is 1.91. The Bertz CT molecular complexity index is 545. The minimum Gasteiger partial charge on any atom is -0.374 e. The van der Waals surface area contributed by atoms with Crippen LogP contribution < -0.4 is 10.6 Å². The van der Waals surface area contributed by atoms with Gasteiger partial charge in [-0.25, -0.2) is 0 Å². The first-order valence-electron chi connectivity index (χ1n) is 5.89. The van der Waals surface area contributed by atoms with Crippen molar-refractivity contribution in [1.29, 1.82) is 0 Å². The highest BCUT2D eigenvalue weighted by atomic mass is 32.1. The van der Waals surface area contributed by atoms with Crippen LogP contribution in [-0.4, -0.2) is 6.54 Å².